The molecule has 1 N–H and O–H groups in total. The first-order valence-corrected chi connectivity index (χ1v) is 8.64. The minimum atomic E-state index is -1.24. The van der Waals surface area contributed by atoms with Gasteiger partial charge in [0.1, 0.15) is 6.54 Å². The number of aromatic nitrogens is 1. The first kappa shape index (κ1) is 17.4. The zero-order chi connectivity index (χ0) is 18.2. The van der Waals surface area contributed by atoms with Crippen molar-refractivity contribution in [3.8, 4) is 0 Å². The number of imide groups is 1. The number of carbonyl (C=O) groups is 3. The van der Waals surface area contributed by atoms with Gasteiger partial charge in [-0.2, -0.15) is 0 Å². The van der Waals surface area contributed by atoms with Crippen molar-refractivity contribution in [1.82, 2.24) is 20.1 Å². The second kappa shape index (κ2) is 6.46. The van der Waals surface area contributed by atoms with Gasteiger partial charge in [-0.05, 0) is 37.3 Å². The van der Waals surface area contributed by atoms with Crippen LogP contribution in [0.1, 0.15) is 32.9 Å². The summed E-state index contributed by atoms with van der Waals surface area (Å²) in [7, 11) is 0. The van der Waals surface area contributed by atoms with Crippen LogP contribution in [0, 0.1) is 11.8 Å². The first-order chi connectivity index (χ1) is 11.8. The maximum atomic E-state index is 12.8. The molecule has 2 saturated heterocycles. The van der Waals surface area contributed by atoms with Gasteiger partial charge in [0.15, 0.2) is 5.54 Å². The summed E-state index contributed by atoms with van der Waals surface area (Å²) >= 11 is 0. The molecule has 4 amide bonds. The maximum absolute atomic E-state index is 12.8. The Balaban J connectivity index is 1.74. The molecule has 3 rings (SSSR count). The van der Waals surface area contributed by atoms with E-state index in [1.54, 1.807) is 36.2 Å². The highest BCUT2D eigenvalue weighted by Gasteiger charge is 2.50. The number of amides is 4. The highest BCUT2D eigenvalue weighted by Crippen LogP contribution is 2.27. The van der Waals surface area contributed by atoms with Gasteiger partial charge in [0, 0.05) is 19.3 Å². The van der Waals surface area contributed by atoms with Gasteiger partial charge < -0.3 is 10.2 Å². The number of carbonyl (C=O) groups excluding carboxylic acids is 3. The van der Waals surface area contributed by atoms with Gasteiger partial charge in [-0.25, -0.2) is 4.79 Å². The molecule has 0 aliphatic carbocycles. The van der Waals surface area contributed by atoms with Crippen molar-refractivity contribution in [3.63, 3.8) is 0 Å². The summed E-state index contributed by atoms with van der Waals surface area (Å²) in [5.41, 5.74) is -0.773. The molecule has 0 aromatic carbocycles. The highest BCUT2D eigenvalue weighted by molar-refractivity contribution is 6.08. The molecule has 0 radical (unpaired) electrons. The SMILES string of the molecule is C[C@@H]1C[C@@H](C)CN(C(=O)CN2C(=O)N[C@](C)(c3ccccn3)C2=O)C1. The van der Waals surface area contributed by atoms with Crippen LogP contribution >= 0.6 is 0 Å². The number of urea groups is 1. The largest absolute Gasteiger partial charge is 0.341 e. The molecule has 2 fully saturated rings. The fourth-order valence-corrected chi connectivity index (χ4v) is 3.77. The molecule has 3 atom stereocenters. The number of nitrogens with one attached hydrogen (secondary N) is 1. The molecule has 25 heavy (non-hydrogen) atoms. The lowest BCUT2D eigenvalue weighted by molar-refractivity contribution is -0.140. The van der Waals surface area contributed by atoms with Crippen LogP contribution in [0.25, 0.3) is 0 Å². The van der Waals surface area contributed by atoms with E-state index in [1.165, 1.54) is 0 Å². The molecule has 2 aliphatic heterocycles. The number of piperidine rings is 1. The van der Waals surface area contributed by atoms with Crippen molar-refractivity contribution in [3.05, 3.63) is 30.1 Å². The molecule has 1 aromatic rings. The van der Waals surface area contributed by atoms with Crippen LogP contribution < -0.4 is 5.32 Å². The van der Waals surface area contributed by atoms with Crippen LogP contribution in [0.3, 0.4) is 0 Å². The third-order valence-corrected chi connectivity index (χ3v) is 4.97. The van der Waals surface area contributed by atoms with E-state index in [0.29, 0.717) is 30.6 Å². The predicted octanol–water partition coefficient (Wildman–Crippen LogP) is 1.35. The third kappa shape index (κ3) is 3.23. The second-order valence-electron chi connectivity index (χ2n) is 7.41. The molecular weight excluding hydrogens is 320 g/mol. The average molecular weight is 344 g/mol. The summed E-state index contributed by atoms with van der Waals surface area (Å²) in [5, 5.41) is 2.68. The van der Waals surface area contributed by atoms with E-state index >= 15 is 0 Å². The minimum Gasteiger partial charge on any atom is -0.341 e. The highest BCUT2D eigenvalue weighted by atomic mass is 16.2. The van der Waals surface area contributed by atoms with Crippen molar-refractivity contribution < 1.29 is 14.4 Å². The number of hydrogen-bond donors (Lipinski definition) is 1. The molecule has 2 aliphatic rings. The zero-order valence-corrected chi connectivity index (χ0v) is 14.9. The van der Waals surface area contributed by atoms with E-state index in [2.05, 4.69) is 24.1 Å². The summed E-state index contributed by atoms with van der Waals surface area (Å²) in [4.78, 5) is 44.7. The molecule has 7 nitrogen and oxygen atoms in total. The van der Waals surface area contributed by atoms with Crippen molar-refractivity contribution in [2.45, 2.75) is 32.7 Å². The fraction of sp³-hybridized carbons (Fsp3) is 0.556. The lowest BCUT2D eigenvalue weighted by Gasteiger charge is -2.35. The van der Waals surface area contributed by atoms with Crippen LogP contribution in [0.5, 0.6) is 0 Å². The standard InChI is InChI=1S/C18H24N4O3/c1-12-8-13(2)10-21(9-12)15(23)11-22-16(24)18(3,20-17(22)25)14-6-4-5-7-19-14/h4-7,12-13H,8-11H2,1-3H3,(H,20,25)/t12-,13-,18-/m1/s1. The number of nitrogens with zero attached hydrogens (tertiary/aromatic N) is 3. The molecule has 0 bridgehead atoms. The summed E-state index contributed by atoms with van der Waals surface area (Å²) < 4.78 is 0. The lowest BCUT2D eigenvalue weighted by atomic mass is 9.92. The number of pyridine rings is 1. The Morgan fingerprint density at radius 1 is 1.28 bits per heavy atom. The summed E-state index contributed by atoms with van der Waals surface area (Å²) in [6, 6.07) is 4.65. The predicted molar refractivity (Wildman–Crippen MR) is 91.4 cm³/mol. The van der Waals surface area contributed by atoms with Crippen molar-refractivity contribution >= 4 is 17.8 Å². The van der Waals surface area contributed by atoms with Gasteiger partial charge >= 0.3 is 6.03 Å². The molecule has 3 heterocycles. The van der Waals surface area contributed by atoms with Crippen molar-refractivity contribution in [2.75, 3.05) is 19.6 Å². The number of hydrogen-bond acceptors (Lipinski definition) is 4. The van der Waals surface area contributed by atoms with E-state index in [1.807, 2.05) is 0 Å². The molecule has 7 heteroatoms. The van der Waals surface area contributed by atoms with Gasteiger partial charge in [-0.15, -0.1) is 0 Å². The minimum absolute atomic E-state index is 0.188. The summed E-state index contributed by atoms with van der Waals surface area (Å²) in [6.07, 6.45) is 2.66. The normalized spacial score (nSPS) is 29.7. The van der Waals surface area contributed by atoms with Crippen molar-refractivity contribution in [1.29, 1.82) is 0 Å². The Hall–Kier alpha value is -2.44. The van der Waals surface area contributed by atoms with Crippen LogP contribution in [-0.4, -0.2) is 52.3 Å². The molecule has 0 unspecified atom stereocenters. The van der Waals surface area contributed by atoms with E-state index in [9.17, 15) is 14.4 Å². The lowest BCUT2D eigenvalue weighted by Crippen LogP contribution is -2.48. The number of likely N-dealkylation sites (tertiary alicyclic amines) is 1. The topological polar surface area (TPSA) is 82.6 Å². The van der Waals surface area contributed by atoms with Crippen LogP contribution in [0.15, 0.2) is 24.4 Å². The molecule has 0 spiro atoms. The van der Waals surface area contributed by atoms with Gasteiger partial charge in [-0.3, -0.25) is 19.5 Å². The Morgan fingerprint density at radius 3 is 2.56 bits per heavy atom. The van der Waals surface area contributed by atoms with Crippen LogP contribution in [-0.2, 0) is 15.1 Å². The second-order valence-corrected chi connectivity index (χ2v) is 7.41. The van der Waals surface area contributed by atoms with Gasteiger partial charge in [-0.1, -0.05) is 19.9 Å². The van der Waals surface area contributed by atoms with Gasteiger partial charge in [0.2, 0.25) is 5.91 Å². The van der Waals surface area contributed by atoms with Gasteiger partial charge in [0.05, 0.1) is 5.69 Å². The Bertz CT molecular complexity index is 683. The Morgan fingerprint density at radius 2 is 1.96 bits per heavy atom. The average Bonchev–Trinajstić information content (AvgIpc) is 2.79. The van der Waals surface area contributed by atoms with Crippen LogP contribution in [0.2, 0.25) is 0 Å². The maximum Gasteiger partial charge on any atom is 0.325 e. The Kier molecular flexibility index (Phi) is 4.49. The fourth-order valence-electron chi connectivity index (χ4n) is 3.77. The first-order valence-electron chi connectivity index (χ1n) is 8.64. The number of rotatable bonds is 3. The Labute approximate surface area is 147 Å². The monoisotopic (exact) mass is 344 g/mol. The van der Waals surface area contributed by atoms with Crippen LogP contribution in [0.4, 0.5) is 4.79 Å². The molecule has 1 aromatic heterocycles. The van der Waals surface area contributed by atoms with E-state index in [-0.39, 0.29) is 12.5 Å². The third-order valence-electron chi connectivity index (χ3n) is 4.97. The molecule has 134 valence electrons. The van der Waals surface area contributed by atoms with E-state index in [0.717, 1.165) is 11.3 Å². The van der Waals surface area contributed by atoms with Crippen molar-refractivity contribution in [2.24, 2.45) is 11.8 Å². The molecular formula is C18H24N4O3. The summed E-state index contributed by atoms with van der Waals surface area (Å²) in [6.45, 7) is 6.95. The van der Waals surface area contributed by atoms with E-state index < -0.39 is 17.5 Å². The zero-order valence-electron chi connectivity index (χ0n) is 14.9. The quantitative estimate of drug-likeness (QED) is 0.839. The van der Waals surface area contributed by atoms with E-state index in [4.69, 9.17) is 0 Å². The molecule has 0 saturated carbocycles. The smallest absolute Gasteiger partial charge is 0.325 e. The van der Waals surface area contributed by atoms with Gasteiger partial charge in [0.25, 0.3) is 5.91 Å². The summed E-state index contributed by atoms with van der Waals surface area (Å²) in [5.74, 6) is 0.221.